The topological polar surface area (TPSA) is 53.4 Å². The minimum absolute atomic E-state index is 0.0304. The molecule has 53 valence electrons. The zero-order chi connectivity index (χ0) is 7.56. The van der Waals surface area contributed by atoms with E-state index in [0.717, 1.165) is 0 Å². The van der Waals surface area contributed by atoms with Gasteiger partial charge in [0.05, 0.1) is 6.61 Å². The smallest absolute Gasteiger partial charge is 0.214 e. The molecule has 1 heterocycles. The molecule has 0 fully saturated rings. The van der Waals surface area contributed by atoms with E-state index in [1.54, 1.807) is 6.92 Å². The highest BCUT2D eigenvalue weighted by molar-refractivity contribution is 5.25. The molecule has 0 aliphatic rings. The van der Waals surface area contributed by atoms with Crippen LogP contribution >= 0.6 is 0 Å². The number of aromatic hydroxyl groups is 1. The van der Waals surface area contributed by atoms with Crippen LogP contribution < -0.4 is 0 Å². The standard InChI is InChI=1S/C7H8NO2/c1-5-2-6(4-9)3-8-7(5)10/h3,9H,4H2,1H3,(H,8,10). The molecule has 2 N–H and O–H groups in total. The van der Waals surface area contributed by atoms with Gasteiger partial charge in [0, 0.05) is 17.3 Å². The van der Waals surface area contributed by atoms with Crippen molar-refractivity contribution in [2.45, 2.75) is 13.5 Å². The minimum atomic E-state index is -0.0892. The first-order valence-electron chi connectivity index (χ1n) is 2.91. The molecule has 10 heavy (non-hydrogen) atoms. The Hall–Kier alpha value is -1.09. The maximum absolute atomic E-state index is 8.92. The summed E-state index contributed by atoms with van der Waals surface area (Å²) in [7, 11) is 0. The van der Waals surface area contributed by atoms with Gasteiger partial charge in [0.15, 0.2) is 0 Å². The lowest BCUT2D eigenvalue weighted by Crippen LogP contribution is -1.87. The third-order valence-electron chi connectivity index (χ3n) is 1.20. The zero-order valence-corrected chi connectivity index (χ0v) is 5.63. The van der Waals surface area contributed by atoms with Gasteiger partial charge in [-0.15, -0.1) is 0 Å². The van der Waals surface area contributed by atoms with E-state index < -0.39 is 0 Å². The quantitative estimate of drug-likeness (QED) is 0.590. The summed E-state index contributed by atoms with van der Waals surface area (Å²) in [5.74, 6) is -0.0304. The van der Waals surface area contributed by atoms with Crippen LogP contribution in [0.1, 0.15) is 11.1 Å². The van der Waals surface area contributed by atoms with Gasteiger partial charge in [0.2, 0.25) is 5.88 Å². The molecule has 1 radical (unpaired) electrons. The van der Waals surface area contributed by atoms with Crippen molar-refractivity contribution in [3.8, 4) is 5.88 Å². The molecular formula is C7H8NO2. The summed E-state index contributed by atoms with van der Waals surface area (Å²) in [5.41, 5.74) is 1.15. The Balaban J connectivity index is 3.04. The average molecular weight is 138 g/mol. The number of rotatable bonds is 1. The van der Waals surface area contributed by atoms with Crippen molar-refractivity contribution < 1.29 is 10.2 Å². The SMILES string of the molecule is Cc1[c]c(CO)cnc1O. The van der Waals surface area contributed by atoms with Crippen LogP contribution in [0.15, 0.2) is 6.20 Å². The Morgan fingerprint density at radius 2 is 2.40 bits per heavy atom. The van der Waals surface area contributed by atoms with Crippen molar-refractivity contribution in [3.63, 3.8) is 0 Å². The second kappa shape index (κ2) is 2.66. The summed E-state index contributed by atoms with van der Waals surface area (Å²) in [6.07, 6.45) is 1.39. The number of aryl methyl sites for hydroxylation is 1. The molecule has 1 aromatic heterocycles. The van der Waals surface area contributed by atoms with Crippen LogP contribution in [-0.2, 0) is 6.61 Å². The number of nitrogens with zero attached hydrogens (tertiary/aromatic N) is 1. The molecule has 3 heteroatoms. The molecule has 0 spiro atoms. The first-order valence-corrected chi connectivity index (χ1v) is 2.91. The lowest BCUT2D eigenvalue weighted by Gasteiger charge is -1.97. The van der Waals surface area contributed by atoms with Gasteiger partial charge in [-0.1, -0.05) is 0 Å². The Kier molecular flexibility index (Phi) is 1.87. The number of aliphatic hydroxyl groups is 1. The molecule has 0 saturated heterocycles. The number of hydrogen-bond acceptors (Lipinski definition) is 3. The number of aliphatic hydroxyl groups excluding tert-OH is 1. The Morgan fingerprint density at radius 3 is 2.90 bits per heavy atom. The molecule has 1 aromatic rings. The highest BCUT2D eigenvalue weighted by Crippen LogP contribution is 2.11. The van der Waals surface area contributed by atoms with Gasteiger partial charge < -0.3 is 10.2 Å². The van der Waals surface area contributed by atoms with Crippen molar-refractivity contribution >= 4 is 0 Å². The van der Waals surface area contributed by atoms with Gasteiger partial charge in [-0.3, -0.25) is 0 Å². The van der Waals surface area contributed by atoms with Crippen LogP contribution in [0.3, 0.4) is 0 Å². The molecule has 0 bridgehead atoms. The van der Waals surface area contributed by atoms with Crippen LogP contribution in [0.2, 0.25) is 0 Å². The van der Waals surface area contributed by atoms with Gasteiger partial charge in [0.1, 0.15) is 0 Å². The number of hydrogen-bond donors (Lipinski definition) is 2. The van der Waals surface area contributed by atoms with Crippen molar-refractivity contribution in [1.82, 2.24) is 4.98 Å². The molecule has 3 nitrogen and oxygen atoms in total. The third-order valence-corrected chi connectivity index (χ3v) is 1.20. The Labute approximate surface area is 59.0 Å². The normalized spacial score (nSPS) is 9.80. The van der Waals surface area contributed by atoms with Gasteiger partial charge in [0.25, 0.3) is 0 Å². The molecule has 0 aliphatic heterocycles. The van der Waals surface area contributed by atoms with Crippen LogP contribution in [0.5, 0.6) is 5.88 Å². The largest absolute Gasteiger partial charge is 0.493 e. The summed E-state index contributed by atoms with van der Waals surface area (Å²) < 4.78 is 0. The zero-order valence-electron chi connectivity index (χ0n) is 5.63. The third kappa shape index (κ3) is 1.25. The van der Waals surface area contributed by atoms with Gasteiger partial charge in [-0.05, 0) is 13.0 Å². The first kappa shape index (κ1) is 7.02. The fourth-order valence-electron chi connectivity index (χ4n) is 0.645. The van der Waals surface area contributed by atoms with Crippen LogP contribution in [-0.4, -0.2) is 15.2 Å². The second-order valence-electron chi connectivity index (χ2n) is 2.02. The van der Waals surface area contributed by atoms with Gasteiger partial charge in [-0.2, -0.15) is 0 Å². The molecule has 0 unspecified atom stereocenters. The molecule has 0 amide bonds. The maximum atomic E-state index is 8.92. The van der Waals surface area contributed by atoms with Crippen LogP contribution in [0, 0.1) is 13.0 Å². The van der Waals surface area contributed by atoms with E-state index in [1.807, 2.05) is 0 Å². The van der Waals surface area contributed by atoms with Crippen molar-refractivity contribution in [3.05, 3.63) is 23.4 Å². The monoisotopic (exact) mass is 138 g/mol. The molecule has 0 aromatic carbocycles. The van der Waals surface area contributed by atoms with E-state index in [4.69, 9.17) is 10.2 Å². The first-order chi connectivity index (χ1) is 4.74. The van der Waals surface area contributed by atoms with E-state index >= 15 is 0 Å². The maximum Gasteiger partial charge on any atom is 0.214 e. The summed E-state index contributed by atoms with van der Waals surface area (Å²) in [4.78, 5) is 3.61. The predicted molar refractivity (Wildman–Crippen MR) is 35.4 cm³/mol. The summed E-state index contributed by atoms with van der Waals surface area (Å²) in [6.45, 7) is 1.59. The van der Waals surface area contributed by atoms with Crippen LogP contribution in [0.4, 0.5) is 0 Å². The van der Waals surface area contributed by atoms with E-state index in [1.165, 1.54) is 6.20 Å². The number of aromatic nitrogens is 1. The fourth-order valence-corrected chi connectivity index (χ4v) is 0.645. The number of pyridine rings is 1. The van der Waals surface area contributed by atoms with E-state index in [-0.39, 0.29) is 12.5 Å². The summed E-state index contributed by atoms with van der Waals surface area (Å²) in [5, 5.41) is 17.5. The van der Waals surface area contributed by atoms with Crippen molar-refractivity contribution in [1.29, 1.82) is 0 Å². The molecule has 0 saturated carbocycles. The van der Waals surface area contributed by atoms with Gasteiger partial charge in [-0.25, -0.2) is 4.98 Å². The summed E-state index contributed by atoms with van der Waals surface area (Å²) in [6, 6.07) is 2.76. The van der Waals surface area contributed by atoms with E-state index in [0.29, 0.717) is 11.1 Å². The highest BCUT2D eigenvalue weighted by Gasteiger charge is 1.97. The van der Waals surface area contributed by atoms with Crippen molar-refractivity contribution in [2.75, 3.05) is 0 Å². The van der Waals surface area contributed by atoms with E-state index in [2.05, 4.69) is 11.1 Å². The summed E-state index contributed by atoms with van der Waals surface area (Å²) >= 11 is 0. The molecule has 1 rings (SSSR count). The molecular weight excluding hydrogens is 130 g/mol. The predicted octanol–water partition coefficient (Wildman–Crippen LogP) is 0.388. The molecule has 0 aliphatic carbocycles. The van der Waals surface area contributed by atoms with Gasteiger partial charge >= 0.3 is 0 Å². The van der Waals surface area contributed by atoms with Crippen LogP contribution in [0.25, 0.3) is 0 Å². The highest BCUT2D eigenvalue weighted by atomic mass is 16.3. The Morgan fingerprint density at radius 1 is 1.70 bits per heavy atom. The fraction of sp³-hybridized carbons (Fsp3) is 0.286. The van der Waals surface area contributed by atoms with E-state index in [9.17, 15) is 0 Å². The molecule has 0 atom stereocenters. The lowest BCUT2D eigenvalue weighted by atomic mass is 10.2. The minimum Gasteiger partial charge on any atom is -0.493 e. The second-order valence-corrected chi connectivity index (χ2v) is 2.02. The average Bonchev–Trinajstić information content (AvgIpc) is 1.95. The lowest BCUT2D eigenvalue weighted by molar-refractivity contribution is 0.280. The Bertz CT molecular complexity index is 235. The van der Waals surface area contributed by atoms with Crippen molar-refractivity contribution in [2.24, 2.45) is 0 Å².